The molecule has 0 aliphatic heterocycles. The maximum atomic E-state index is 12.8. The Kier molecular flexibility index (Phi) is 6.34. The van der Waals surface area contributed by atoms with E-state index in [-0.39, 0.29) is 21.2 Å². The van der Waals surface area contributed by atoms with E-state index < -0.39 is 15.9 Å². The molecule has 0 saturated heterocycles. The van der Waals surface area contributed by atoms with E-state index in [1.165, 1.54) is 37.4 Å². The first kappa shape index (κ1) is 21.7. The summed E-state index contributed by atoms with van der Waals surface area (Å²) in [7, 11) is -2.30. The first-order valence-corrected chi connectivity index (χ1v) is 10.9. The summed E-state index contributed by atoms with van der Waals surface area (Å²) in [6.45, 7) is 3.76. The van der Waals surface area contributed by atoms with E-state index in [9.17, 15) is 13.2 Å². The Morgan fingerprint density at radius 1 is 0.933 bits per heavy atom. The van der Waals surface area contributed by atoms with E-state index >= 15 is 0 Å². The Balaban J connectivity index is 1.87. The molecule has 1 amide bonds. The van der Waals surface area contributed by atoms with Crippen LogP contribution in [0.2, 0.25) is 5.02 Å². The van der Waals surface area contributed by atoms with Crippen LogP contribution in [-0.2, 0) is 10.0 Å². The van der Waals surface area contributed by atoms with Gasteiger partial charge < -0.3 is 10.1 Å². The third kappa shape index (κ3) is 4.93. The normalized spacial score (nSPS) is 11.1. The van der Waals surface area contributed by atoms with Crippen molar-refractivity contribution in [2.75, 3.05) is 17.1 Å². The lowest BCUT2D eigenvalue weighted by atomic mass is 10.1. The Morgan fingerprint density at radius 2 is 1.60 bits per heavy atom. The van der Waals surface area contributed by atoms with Gasteiger partial charge in [-0.05, 0) is 61.9 Å². The average Bonchev–Trinajstić information content (AvgIpc) is 2.69. The summed E-state index contributed by atoms with van der Waals surface area (Å²) in [4.78, 5) is 12.9. The van der Waals surface area contributed by atoms with Crippen LogP contribution in [0, 0.1) is 13.8 Å². The minimum Gasteiger partial charge on any atom is -0.495 e. The van der Waals surface area contributed by atoms with Gasteiger partial charge in [0.2, 0.25) is 0 Å². The summed E-state index contributed by atoms with van der Waals surface area (Å²) in [6.07, 6.45) is 0. The van der Waals surface area contributed by atoms with Gasteiger partial charge in [0, 0.05) is 5.69 Å². The molecule has 2 N–H and O–H groups in total. The number of aryl methyl sites for hydroxylation is 2. The van der Waals surface area contributed by atoms with Gasteiger partial charge in [0.1, 0.15) is 5.75 Å². The fourth-order valence-electron chi connectivity index (χ4n) is 2.80. The van der Waals surface area contributed by atoms with Gasteiger partial charge >= 0.3 is 0 Å². The third-order valence-electron chi connectivity index (χ3n) is 4.40. The molecule has 3 aromatic rings. The van der Waals surface area contributed by atoms with Crippen LogP contribution in [0.15, 0.2) is 65.6 Å². The van der Waals surface area contributed by atoms with Crippen LogP contribution < -0.4 is 14.8 Å². The van der Waals surface area contributed by atoms with Gasteiger partial charge in [0.05, 0.1) is 28.3 Å². The van der Waals surface area contributed by atoms with Crippen LogP contribution in [0.25, 0.3) is 0 Å². The molecule has 0 fully saturated rings. The van der Waals surface area contributed by atoms with Crippen molar-refractivity contribution in [1.82, 2.24) is 0 Å². The number of hydrogen-bond acceptors (Lipinski definition) is 4. The van der Waals surface area contributed by atoms with Gasteiger partial charge in [0.25, 0.3) is 15.9 Å². The zero-order valence-corrected chi connectivity index (χ0v) is 18.3. The molecule has 8 heteroatoms. The number of rotatable bonds is 6. The largest absolute Gasteiger partial charge is 0.495 e. The third-order valence-corrected chi connectivity index (χ3v) is 6.12. The summed E-state index contributed by atoms with van der Waals surface area (Å²) in [5, 5.41) is 2.95. The van der Waals surface area contributed by atoms with E-state index in [1.54, 1.807) is 24.3 Å². The molecule has 30 heavy (non-hydrogen) atoms. The fraction of sp³-hybridized carbons (Fsp3) is 0.136. The number of nitrogens with one attached hydrogen (secondary N) is 2. The lowest BCUT2D eigenvalue weighted by molar-refractivity contribution is 0.102. The number of benzene rings is 3. The predicted octanol–water partition coefficient (Wildman–Crippen LogP) is 5.02. The quantitative estimate of drug-likeness (QED) is 0.559. The second-order valence-electron chi connectivity index (χ2n) is 6.77. The minimum atomic E-state index is -3.81. The number of halogens is 1. The SMILES string of the molecule is COc1ccc(C)cc1NC(=O)c1cc(NS(=O)(=O)c2ccc(C)cc2)ccc1Cl. The average molecular weight is 445 g/mol. The van der Waals surface area contributed by atoms with Crippen molar-refractivity contribution in [2.24, 2.45) is 0 Å². The van der Waals surface area contributed by atoms with Crippen LogP contribution >= 0.6 is 11.6 Å². The van der Waals surface area contributed by atoms with Crippen LogP contribution in [-0.4, -0.2) is 21.4 Å². The standard InChI is InChI=1S/C22H21ClN2O4S/c1-14-4-8-17(9-5-14)30(27,28)25-16-7-10-19(23)18(13-16)22(26)24-20-12-15(2)6-11-21(20)29-3/h4-13,25H,1-3H3,(H,24,26). The highest BCUT2D eigenvalue weighted by Crippen LogP contribution is 2.28. The van der Waals surface area contributed by atoms with Crippen molar-refractivity contribution in [3.8, 4) is 5.75 Å². The number of amides is 1. The maximum absolute atomic E-state index is 12.8. The van der Waals surface area contributed by atoms with Crippen LogP contribution in [0.5, 0.6) is 5.75 Å². The van der Waals surface area contributed by atoms with Crippen LogP contribution in [0.3, 0.4) is 0 Å². The van der Waals surface area contributed by atoms with Crippen molar-refractivity contribution in [2.45, 2.75) is 18.7 Å². The molecule has 156 valence electrons. The summed E-state index contributed by atoms with van der Waals surface area (Å²) >= 11 is 6.20. The van der Waals surface area contributed by atoms with E-state index in [2.05, 4.69) is 10.0 Å². The number of anilines is 2. The zero-order chi connectivity index (χ0) is 21.9. The van der Waals surface area contributed by atoms with Gasteiger partial charge in [-0.3, -0.25) is 9.52 Å². The summed E-state index contributed by atoms with van der Waals surface area (Å²) in [5.41, 5.74) is 2.73. The van der Waals surface area contributed by atoms with Crippen LogP contribution in [0.1, 0.15) is 21.5 Å². The Bertz CT molecular complexity index is 1190. The molecule has 0 saturated carbocycles. The zero-order valence-electron chi connectivity index (χ0n) is 16.7. The summed E-state index contributed by atoms with van der Waals surface area (Å²) in [5.74, 6) is 0.0154. The van der Waals surface area contributed by atoms with E-state index in [1.807, 2.05) is 19.9 Å². The molecule has 0 bridgehead atoms. The first-order chi connectivity index (χ1) is 14.2. The number of carbonyl (C=O) groups is 1. The lowest BCUT2D eigenvalue weighted by Crippen LogP contribution is -2.16. The number of carbonyl (C=O) groups excluding carboxylic acids is 1. The van der Waals surface area contributed by atoms with Crippen molar-refractivity contribution >= 4 is 38.9 Å². The summed E-state index contributed by atoms with van der Waals surface area (Å²) in [6, 6.07) is 16.2. The van der Waals surface area contributed by atoms with E-state index in [0.29, 0.717) is 11.4 Å². The molecular weight excluding hydrogens is 424 g/mol. The lowest BCUT2D eigenvalue weighted by Gasteiger charge is -2.13. The molecule has 6 nitrogen and oxygen atoms in total. The smallest absolute Gasteiger partial charge is 0.261 e. The fourth-order valence-corrected chi connectivity index (χ4v) is 4.06. The molecule has 0 heterocycles. The molecule has 0 atom stereocenters. The number of methoxy groups -OCH3 is 1. The van der Waals surface area contributed by atoms with Gasteiger partial charge in [-0.1, -0.05) is 35.4 Å². The second kappa shape index (κ2) is 8.77. The van der Waals surface area contributed by atoms with Crippen molar-refractivity contribution < 1.29 is 17.9 Å². The molecule has 0 aromatic heterocycles. The second-order valence-corrected chi connectivity index (χ2v) is 8.86. The molecule has 3 aromatic carbocycles. The van der Waals surface area contributed by atoms with Gasteiger partial charge in [-0.15, -0.1) is 0 Å². The summed E-state index contributed by atoms with van der Waals surface area (Å²) < 4.78 is 33.0. The topological polar surface area (TPSA) is 84.5 Å². The predicted molar refractivity (Wildman–Crippen MR) is 119 cm³/mol. The van der Waals surface area contributed by atoms with Crippen molar-refractivity contribution in [1.29, 1.82) is 0 Å². The van der Waals surface area contributed by atoms with Gasteiger partial charge in [-0.25, -0.2) is 8.42 Å². The van der Waals surface area contributed by atoms with Crippen LogP contribution in [0.4, 0.5) is 11.4 Å². The van der Waals surface area contributed by atoms with Crippen molar-refractivity contribution in [3.05, 3.63) is 82.4 Å². The monoisotopic (exact) mass is 444 g/mol. The van der Waals surface area contributed by atoms with Crippen molar-refractivity contribution in [3.63, 3.8) is 0 Å². The number of hydrogen-bond donors (Lipinski definition) is 2. The molecule has 0 aliphatic carbocycles. The molecular formula is C22H21ClN2O4S. The van der Waals surface area contributed by atoms with Gasteiger partial charge in [-0.2, -0.15) is 0 Å². The Labute approximate surface area is 180 Å². The first-order valence-electron chi connectivity index (χ1n) is 9.04. The van der Waals surface area contributed by atoms with E-state index in [0.717, 1.165) is 11.1 Å². The molecule has 0 aliphatic rings. The highest BCUT2D eigenvalue weighted by atomic mass is 35.5. The molecule has 0 spiro atoms. The van der Waals surface area contributed by atoms with Gasteiger partial charge in [0.15, 0.2) is 0 Å². The number of ether oxygens (including phenoxy) is 1. The minimum absolute atomic E-state index is 0.124. The molecule has 3 rings (SSSR count). The molecule has 0 radical (unpaired) electrons. The highest BCUT2D eigenvalue weighted by molar-refractivity contribution is 7.92. The highest BCUT2D eigenvalue weighted by Gasteiger charge is 2.18. The Hall–Kier alpha value is -3.03. The van der Waals surface area contributed by atoms with E-state index in [4.69, 9.17) is 16.3 Å². The Morgan fingerprint density at radius 3 is 2.27 bits per heavy atom. The number of sulfonamides is 1. The molecule has 0 unspecified atom stereocenters. The maximum Gasteiger partial charge on any atom is 0.261 e.